The van der Waals surface area contributed by atoms with Crippen molar-refractivity contribution in [1.82, 2.24) is 25.3 Å². The Morgan fingerprint density at radius 1 is 1.24 bits per heavy atom. The van der Waals surface area contributed by atoms with Crippen LogP contribution in [0.3, 0.4) is 0 Å². The predicted octanol–water partition coefficient (Wildman–Crippen LogP) is 5.30. The van der Waals surface area contributed by atoms with Crippen LogP contribution in [0, 0.1) is 0 Å². The maximum Gasteiger partial charge on any atom is 0.407 e. The third-order valence-electron chi connectivity index (χ3n) is 6.26. The Morgan fingerprint density at radius 2 is 2.08 bits per heavy atom. The van der Waals surface area contributed by atoms with E-state index >= 15 is 0 Å². The molecule has 194 valence electrons. The zero-order chi connectivity index (χ0) is 26.1. The largest absolute Gasteiger partial charge is 0.464 e. The lowest BCUT2D eigenvalue weighted by Crippen LogP contribution is -2.33. The van der Waals surface area contributed by atoms with Crippen LogP contribution in [0.25, 0.3) is 16.7 Å². The molecule has 0 spiro atoms. The number of hydrogen-bond donors (Lipinski definition) is 3. The number of aromatic amines is 1. The first-order chi connectivity index (χ1) is 17.8. The molecule has 1 aliphatic rings. The quantitative estimate of drug-likeness (QED) is 0.308. The highest BCUT2D eigenvalue weighted by Gasteiger charge is 2.30. The standard InChI is InChI=1S/C25H26F2N6O4/c1-13(2)28-25(35)37-15-7-6-14(10-15)18-11-21(31-30-18)29-24(34)17-12-33(32-22(17)23(26)27)19-4-3-5-20-16(19)8-9-36-20/h3-5,8-9,11-15,23H,6-7,10H2,1-2H3,(H,28,35)(H2,29,30,31,34). The van der Waals surface area contributed by atoms with Crippen LogP contribution in [-0.4, -0.2) is 44.1 Å². The molecule has 37 heavy (non-hydrogen) atoms. The summed E-state index contributed by atoms with van der Waals surface area (Å²) >= 11 is 0. The van der Waals surface area contributed by atoms with Crippen molar-refractivity contribution in [2.75, 3.05) is 5.32 Å². The van der Waals surface area contributed by atoms with E-state index in [0.717, 1.165) is 12.1 Å². The number of anilines is 1. The molecule has 0 radical (unpaired) electrons. The van der Waals surface area contributed by atoms with E-state index in [2.05, 4.69) is 25.9 Å². The van der Waals surface area contributed by atoms with E-state index in [4.69, 9.17) is 9.15 Å². The van der Waals surface area contributed by atoms with Crippen molar-refractivity contribution in [3.8, 4) is 5.69 Å². The van der Waals surface area contributed by atoms with Gasteiger partial charge >= 0.3 is 6.09 Å². The number of halogens is 2. The minimum Gasteiger partial charge on any atom is -0.464 e. The minimum absolute atomic E-state index is 0.0134. The highest BCUT2D eigenvalue weighted by Crippen LogP contribution is 2.36. The molecule has 12 heteroatoms. The van der Waals surface area contributed by atoms with Gasteiger partial charge in [0.1, 0.15) is 17.4 Å². The van der Waals surface area contributed by atoms with Crippen molar-refractivity contribution >= 4 is 28.8 Å². The maximum absolute atomic E-state index is 13.8. The predicted molar refractivity (Wildman–Crippen MR) is 130 cm³/mol. The fourth-order valence-corrected chi connectivity index (χ4v) is 4.57. The van der Waals surface area contributed by atoms with Gasteiger partial charge in [0.15, 0.2) is 5.82 Å². The van der Waals surface area contributed by atoms with Gasteiger partial charge in [0.25, 0.3) is 12.3 Å². The Balaban J connectivity index is 1.29. The zero-order valence-corrected chi connectivity index (χ0v) is 20.2. The molecule has 2 unspecified atom stereocenters. The number of amides is 2. The van der Waals surface area contributed by atoms with Gasteiger partial charge in [0.2, 0.25) is 0 Å². The summed E-state index contributed by atoms with van der Waals surface area (Å²) in [4.78, 5) is 24.8. The maximum atomic E-state index is 13.8. The van der Waals surface area contributed by atoms with Crippen LogP contribution < -0.4 is 10.6 Å². The Hall–Kier alpha value is -4.22. The molecule has 1 aromatic carbocycles. The number of rotatable bonds is 7. The van der Waals surface area contributed by atoms with Crippen molar-refractivity contribution in [3.05, 3.63) is 59.7 Å². The van der Waals surface area contributed by atoms with Crippen LogP contribution >= 0.6 is 0 Å². The molecular formula is C25H26F2N6O4. The van der Waals surface area contributed by atoms with Gasteiger partial charge in [0, 0.05) is 35.3 Å². The lowest BCUT2D eigenvalue weighted by molar-refractivity contribution is 0.0979. The molecule has 4 aromatic rings. The van der Waals surface area contributed by atoms with Gasteiger partial charge in [-0.25, -0.2) is 18.3 Å². The van der Waals surface area contributed by atoms with Crippen LogP contribution in [0.5, 0.6) is 0 Å². The molecule has 3 N–H and O–H groups in total. The van der Waals surface area contributed by atoms with Gasteiger partial charge in [-0.2, -0.15) is 10.2 Å². The molecule has 1 aliphatic carbocycles. The van der Waals surface area contributed by atoms with Crippen molar-refractivity contribution in [3.63, 3.8) is 0 Å². The molecule has 2 atom stereocenters. The first-order valence-electron chi connectivity index (χ1n) is 12.0. The summed E-state index contributed by atoms with van der Waals surface area (Å²) in [6.07, 6.45) is 1.24. The summed E-state index contributed by atoms with van der Waals surface area (Å²) in [5, 5.41) is 17.0. The molecule has 10 nitrogen and oxygen atoms in total. The molecule has 0 bridgehead atoms. The van der Waals surface area contributed by atoms with E-state index in [1.807, 2.05) is 13.8 Å². The molecule has 1 fully saturated rings. The fraction of sp³-hybridized carbons (Fsp3) is 0.360. The molecule has 2 amide bonds. The topological polar surface area (TPSA) is 127 Å². The fourth-order valence-electron chi connectivity index (χ4n) is 4.57. The van der Waals surface area contributed by atoms with Crippen LogP contribution in [-0.2, 0) is 4.74 Å². The number of H-pyrrole nitrogens is 1. The Labute approximate surface area is 210 Å². The number of carbonyl (C=O) groups excluding carboxylic acids is 2. The molecule has 0 saturated heterocycles. The average molecular weight is 513 g/mol. The number of ether oxygens (including phenoxy) is 1. The molecule has 0 aliphatic heterocycles. The van der Waals surface area contributed by atoms with E-state index in [1.165, 1.54) is 17.1 Å². The summed E-state index contributed by atoms with van der Waals surface area (Å²) in [6.45, 7) is 3.71. The first-order valence-corrected chi connectivity index (χ1v) is 12.0. The number of nitrogens with one attached hydrogen (secondary N) is 3. The van der Waals surface area contributed by atoms with Gasteiger partial charge in [-0.15, -0.1) is 0 Å². The molecule has 3 aromatic heterocycles. The van der Waals surface area contributed by atoms with Crippen LogP contribution in [0.4, 0.5) is 19.4 Å². The third-order valence-corrected chi connectivity index (χ3v) is 6.26. The number of alkyl halides is 2. The smallest absolute Gasteiger partial charge is 0.407 e. The van der Waals surface area contributed by atoms with Gasteiger partial charge in [0.05, 0.1) is 17.5 Å². The van der Waals surface area contributed by atoms with Crippen LogP contribution in [0.2, 0.25) is 0 Å². The minimum atomic E-state index is -2.95. The first kappa shape index (κ1) is 24.5. The number of nitrogens with zero attached hydrogens (tertiary/aromatic N) is 3. The molecular weight excluding hydrogens is 486 g/mol. The van der Waals surface area contributed by atoms with Crippen molar-refractivity contribution in [1.29, 1.82) is 0 Å². The molecule has 3 heterocycles. The Bertz CT molecular complexity index is 1430. The lowest BCUT2D eigenvalue weighted by atomic mass is 10.0. The van der Waals surface area contributed by atoms with Gasteiger partial charge in [-0.3, -0.25) is 9.89 Å². The van der Waals surface area contributed by atoms with Gasteiger partial charge in [-0.05, 0) is 51.3 Å². The third kappa shape index (κ3) is 5.18. The highest BCUT2D eigenvalue weighted by atomic mass is 19.3. The Kier molecular flexibility index (Phi) is 6.64. The van der Waals surface area contributed by atoms with Crippen LogP contribution in [0.1, 0.15) is 67.2 Å². The number of benzene rings is 1. The summed E-state index contributed by atoms with van der Waals surface area (Å²) < 4.78 is 39.6. The van der Waals surface area contributed by atoms with E-state index in [9.17, 15) is 18.4 Å². The molecule has 1 saturated carbocycles. The van der Waals surface area contributed by atoms with Crippen molar-refractivity contribution in [2.45, 2.75) is 57.6 Å². The second-order valence-corrected chi connectivity index (χ2v) is 9.28. The Morgan fingerprint density at radius 3 is 2.86 bits per heavy atom. The van der Waals surface area contributed by atoms with E-state index in [-0.39, 0.29) is 29.4 Å². The van der Waals surface area contributed by atoms with Crippen molar-refractivity contribution in [2.24, 2.45) is 0 Å². The molecule has 5 rings (SSSR count). The van der Waals surface area contributed by atoms with Crippen LogP contribution in [0.15, 0.2) is 47.2 Å². The SMILES string of the molecule is CC(C)NC(=O)OC1CCC(c2cc(NC(=O)c3cn(-c4cccc5occc45)nc3C(F)F)n[nH]2)C1. The lowest BCUT2D eigenvalue weighted by Gasteiger charge is -2.14. The van der Waals surface area contributed by atoms with E-state index < -0.39 is 24.1 Å². The van der Waals surface area contributed by atoms with Gasteiger partial charge < -0.3 is 19.8 Å². The summed E-state index contributed by atoms with van der Waals surface area (Å²) in [7, 11) is 0. The summed E-state index contributed by atoms with van der Waals surface area (Å²) in [5.74, 6) is -0.492. The zero-order valence-electron chi connectivity index (χ0n) is 20.2. The number of aromatic nitrogens is 4. The summed E-state index contributed by atoms with van der Waals surface area (Å²) in [6, 6.07) is 8.52. The second-order valence-electron chi connectivity index (χ2n) is 9.28. The normalized spacial score (nSPS) is 17.6. The number of furan rings is 1. The monoisotopic (exact) mass is 512 g/mol. The van der Waals surface area contributed by atoms with Gasteiger partial charge in [-0.1, -0.05) is 6.07 Å². The van der Waals surface area contributed by atoms with Crippen molar-refractivity contribution < 1.29 is 27.5 Å². The van der Waals surface area contributed by atoms with E-state index in [0.29, 0.717) is 29.5 Å². The number of carbonyl (C=O) groups is 2. The number of fused-ring (bicyclic) bond motifs is 1. The average Bonchev–Trinajstić information content (AvgIpc) is 3.63. The summed E-state index contributed by atoms with van der Waals surface area (Å²) in [5.41, 5.74) is 0.952. The number of hydrogen-bond acceptors (Lipinski definition) is 6. The van der Waals surface area contributed by atoms with E-state index in [1.54, 1.807) is 30.3 Å². The number of alkyl carbamates (subject to hydrolysis) is 1. The second kappa shape index (κ2) is 10.0. The highest BCUT2D eigenvalue weighted by molar-refractivity contribution is 6.04.